The molecular formula is C11H22N2O2. The normalized spacial score (nSPS) is 22.1. The lowest BCUT2D eigenvalue weighted by Gasteiger charge is -2.30. The van der Waals surface area contributed by atoms with Crippen LogP contribution >= 0.6 is 0 Å². The van der Waals surface area contributed by atoms with Crippen LogP contribution in [0.1, 0.15) is 25.7 Å². The molecule has 0 bridgehead atoms. The van der Waals surface area contributed by atoms with Crippen molar-refractivity contribution in [1.82, 2.24) is 10.2 Å². The third-order valence-corrected chi connectivity index (χ3v) is 2.83. The summed E-state index contributed by atoms with van der Waals surface area (Å²) in [7, 11) is 3.61. The van der Waals surface area contributed by atoms with E-state index in [9.17, 15) is 4.79 Å². The number of nitrogens with zero attached hydrogens (tertiary/aromatic N) is 1. The van der Waals surface area contributed by atoms with E-state index in [0.717, 1.165) is 39.0 Å². The van der Waals surface area contributed by atoms with Crippen LogP contribution in [0.2, 0.25) is 0 Å². The minimum atomic E-state index is 0.271. The number of carbonyl (C=O) groups is 1. The van der Waals surface area contributed by atoms with E-state index in [1.807, 2.05) is 11.9 Å². The van der Waals surface area contributed by atoms with Crippen LogP contribution in [0, 0.1) is 0 Å². The molecule has 0 spiro atoms. The number of methoxy groups -OCH3 is 1. The van der Waals surface area contributed by atoms with Crippen molar-refractivity contribution >= 4 is 5.91 Å². The number of nitrogens with one attached hydrogen (secondary N) is 1. The Balaban J connectivity index is 2.04. The number of amides is 1. The van der Waals surface area contributed by atoms with E-state index in [-0.39, 0.29) is 5.91 Å². The van der Waals surface area contributed by atoms with Crippen LogP contribution in [0.5, 0.6) is 0 Å². The zero-order chi connectivity index (χ0) is 11.1. The van der Waals surface area contributed by atoms with E-state index < -0.39 is 0 Å². The van der Waals surface area contributed by atoms with Crippen molar-refractivity contribution in [2.24, 2.45) is 0 Å². The van der Waals surface area contributed by atoms with Gasteiger partial charge in [-0.15, -0.1) is 0 Å². The molecule has 1 unspecified atom stereocenters. The summed E-state index contributed by atoms with van der Waals surface area (Å²) in [6.45, 7) is 2.71. The number of rotatable bonds is 6. The number of piperidine rings is 1. The molecule has 1 amide bonds. The first-order valence-electron chi connectivity index (χ1n) is 5.70. The molecule has 0 aromatic carbocycles. The Kier molecular flexibility index (Phi) is 5.65. The van der Waals surface area contributed by atoms with Crippen LogP contribution in [-0.2, 0) is 9.53 Å². The SMILES string of the molecule is COCCCCNC1CCC(=O)N(C)C1. The van der Waals surface area contributed by atoms with Crippen molar-refractivity contribution in [2.75, 3.05) is 33.9 Å². The molecule has 1 heterocycles. The van der Waals surface area contributed by atoms with Crippen LogP contribution in [0.3, 0.4) is 0 Å². The zero-order valence-electron chi connectivity index (χ0n) is 9.79. The molecule has 1 saturated heterocycles. The Morgan fingerprint density at radius 2 is 2.33 bits per heavy atom. The van der Waals surface area contributed by atoms with Gasteiger partial charge in [0, 0.05) is 39.8 Å². The molecule has 15 heavy (non-hydrogen) atoms. The Hall–Kier alpha value is -0.610. The van der Waals surface area contributed by atoms with Crippen LogP contribution in [0.4, 0.5) is 0 Å². The lowest BCUT2D eigenvalue weighted by molar-refractivity contribution is -0.132. The van der Waals surface area contributed by atoms with Gasteiger partial charge in [-0.3, -0.25) is 4.79 Å². The molecule has 1 atom stereocenters. The van der Waals surface area contributed by atoms with Gasteiger partial charge in [-0.2, -0.15) is 0 Å². The Bertz CT molecular complexity index is 197. The van der Waals surface area contributed by atoms with Gasteiger partial charge in [0.25, 0.3) is 0 Å². The van der Waals surface area contributed by atoms with Gasteiger partial charge < -0.3 is 15.0 Å². The van der Waals surface area contributed by atoms with Gasteiger partial charge >= 0.3 is 0 Å². The van der Waals surface area contributed by atoms with Gasteiger partial charge in [0.15, 0.2) is 0 Å². The number of hydrogen-bond acceptors (Lipinski definition) is 3. The van der Waals surface area contributed by atoms with E-state index >= 15 is 0 Å². The van der Waals surface area contributed by atoms with Crippen molar-refractivity contribution in [3.8, 4) is 0 Å². The van der Waals surface area contributed by atoms with Crippen LogP contribution < -0.4 is 5.32 Å². The number of carbonyl (C=O) groups excluding carboxylic acids is 1. The molecule has 88 valence electrons. The highest BCUT2D eigenvalue weighted by molar-refractivity contribution is 5.76. The van der Waals surface area contributed by atoms with E-state index in [0.29, 0.717) is 12.5 Å². The molecule has 1 N–H and O–H groups in total. The van der Waals surface area contributed by atoms with E-state index in [2.05, 4.69) is 5.32 Å². The van der Waals surface area contributed by atoms with Crippen molar-refractivity contribution in [3.63, 3.8) is 0 Å². The number of ether oxygens (including phenoxy) is 1. The fraction of sp³-hybridized carbons (Fsp3) is 0.909. The summed E-state index contributed by atoms with van der Waals surface area (Å²) in [5, 5.41) is 3.48. The molecule has 1 rings (SSSR count). The van der Waals surface area contributed by atoms with E-state index in [1.165, 1.54) is 0 Å². The monoisotopic (exact) mass is 214 g/mol. The minimum Gasteiger partial charge on any atom is -0.385 e. The van der Waals surface area contributed by atoms with Crippen molar-refractivity contribution in [3.05, 3.63) is 0 Å². The number of likely N-dealkylation sites (tertiary alicyclic amines) is 1. The quantitative estimate of drug-likeness (QED) is 0.659. The van der Waals surface area contributed by atoms with Crippen molar-refractivity contribution in [1.29, 1.82) is 0 Å². The number of unbranched alkanes of at least 4 members (excludes halogenated alkanes) is 1. The summed E-state index contributed by atoms with van der Waals surface area (Å²) >= 11 is 0. The maximum absolute atomic E-state index is 11.2. The molecule has 1 aliphatic rings. The van der Waals surface area contributed by atoms with Gasteiger partial charge in [0.2, 0.25) is 5.91 Å². The highest BCUT2D eigenvalue weighted by Gasteiger charge is 2.21. The summed E-state index contributed by atoms with van der Waals surface area (Å²) in [6.07, 6.45) is 3.91. The first kappa shape index (κ1) is 12.5. The number of likely N-dealkylation sites (N-methyl/N-ethyl adjacent to an activating group) is 1. The van der Waals surface area contributed by atoms with Crippen molar-refractivity contribution < 1.29 is 9.53 Å². The van der Waals surface area contributed by atoms with Crippen LogP contribution in [-0.4, -0.2) is 50.7 Å². The molecule has 0 aliphatic carbocycles. The summed E-state index contributed by atoms with van der Waals surface area (Å²) in [4.78, 5) is 13.1. The van der Waals surface area contributed by atoms with Gasteiger partial charge in [0.05, 0.1) is 0 Å². The summed E-state index contributed by atoms with van der Waals surface area (Å²) in [5.74, 6) is 0.271. The second kappa shape index (κ2) is 6.80. The first-order valence-corrected chi connectivity index (χ1v) is 5.70. The van der Waals surface area contributed by atoms with Crippen LogP contribution in [0.15, 0.2) is 0 Å². The minimum absolute atomic E-state index is 0.271. The summed E-state index contributed by atoms with van der Waals surface area (Å²) in [6, 6.07) is 0.482. The Labute approximate surface area is 92.0 Å². The first-order chi connectivity index (χ1) is 7.24. The van der Waals surface area contributed by atoms with E-state index in [1.54, 1.807) is 7.11 Å². The largest absolute Gasteiger partial charge is 0.385 e. The lowest BCUT2D eigenvalue weighted by Crippen LogP contribution is -2.46. The molecule has 0 saturated carbocycles. The van der Waals surface area contributed by atoms with Gasteiger partial charge in [0.1, 0.15) is 0 Å². The number of hydrogen-bond donors (Lipinski definition) is 1. The third-order valence-electron chi connectivity index (χ3n) is 2.83. The van der Waals surface area contributed by atoms with Gasteiger partial charge in [-0.25, -0.2) is 0 Å². The fourth-order valence-electron chi connectivity index (χ4n) is 1.86. The van der Waals surface area contributed by atoms with Crippen LogP contribution in [0.25, 0.3) is 0 Å². The second-order valence-corrected chi connectivity index (χ2v) is 4.16. The molecule has 0 aromatic rings. The molecule has 4 heteroatoms. The smallest absolute Gasteiger partial charge is 0.222 e. The lowest BCUT2D eigenvalue weighted by atomic mass is 10.1. The maximum atomic E-state index is 11.2. The van der Waals surface area contributed by atoms with Crippen molar-refractivity contribution in [2.45, 2.75) is 31.7 Å². The Morgan fingerprint density at radius 1 is 1.53 bits per heavy atom. The molecule has 0 radical (unpaired) electrons. The third kappa shape index (κ3) is 4.62. The maximum Gasteiger partial charge on any atom is 0.222 e. The van der Waals surface area contributed by atoms with Gasteiger partial charge in [-0.05, 0) is 25.8 Å². The summed E-state index contributed by atoms with van der Waals surface area (Å²) in [5.41, 5.74) is 0. The fourth-order valence-corrected chi connectivity index (χ4v) is 1.86. The predicted octanol–water partition coefficient (Wildman–Crippen LogP) is 0.623. The average Bonchev–Trinajstić information content (AvgIpc) is 2.23. The predicted molar refractivity (Wildman–Crippen MR) is 59.8 cm³/mol. The standard InChI is InChI=1S/C11H22N2O2/c1-13-9-10(5-6-11(13)14)12-7-3-4-8-15-2/h10,12H,3-9H2,1-2H3. The topological polar surface area (TPSA) is 41.6 Å². The molecule has 0 aromatic heterocycles. The average molecular weight is 214 g/mol. The molecule has 4 nitrogen and oxygen atoms in total. The Morgan fingerprint density at radius 3 is 3.00 bits per heavy atom. The van der Waals surface area contributed by atoms with E-state index in [4.69, 9.17) is 4.74 Å². The highest BCUT2D eigenvalue weighted by Crippen LogP contribution is 2.09. The van der Waals surface area contributed by atoms with Gasteiger partial charge in [-0.1, -0.05) is 0 Å². The molecule has 1 fully saturated rings. The molecular weight excluding hydrogens is 192 g/mol. The molecule has 1 aliphatic heterocycles. The second-order valence-electron chi connectivity index (χ2n) is 4.16. The highest BCUT2D eigenvalue weighted by atomic mass is 16.5. The summed E-state index contributed by atoms with van der Waals surface area (Å²) < 4.78 is 4.98. The zero-order valence-corrected chi connectivity index (χ0v) is 9.79.